The first-order valence-corrected chi connectivity index (χ1v) is 14.9. The fourth-order valence-electron chi connectivity index (χ4n) is 5.65. The van der Waals surface area contributed by atoms with Gasteiger partial charge in [0, 0.05) is 49.9 Å². The summed E-state index contributed by atoms with van der Waals surface area (Å²) >= 11 is 1.27. The largest absolute Gasteiger partial charge is 0.342 e. The lowest BCUT2D eigenvalue weighted by Gasteiger charge is -2.36. The van der Waals surface area contributed by atoms with Gasteiger partial charge in [-0.25, -0.2) is 8.78 Å². The third-order valence-electron chi connectivity index (χ3n) is 7.95. The van der Waals surface area contributed by atoms with Gasteiger partial charge in [0.15, 0.2) is 0 Å². The molecule has 3 amide bonds. The number of hydrogen-bond acceptors (Lipinski definition) is 4. The van der Waals surface area contributed by atoms with E-state index in [1.54, 1.807) is 9.80 Å². The average molecular weight is 568 g/mol. The molecule has 40 heavy (non-hydrogen) atoms. The maximum absolute atomic E-state index is 14.7. The Balaban J connectivity index is 1.21. The van der Waals surface area contributed by atoms with Crippen LogP contribution in [0.2, 0.25) is 0 Å². The summed E-state index contributed by atoms with van der Waals surface area (Å²) in [6.45, 7) is 5.59. The molecule has 0 saturated carbocycles. The Labute approximate surface area is 238 Å². The Bertz CT molecular complexity index is 1290. The van der Waals surface area contributed by atoms with E-state index in [-0.39, 0.29) is 35.7 Å². The second kappa shape index (κ2) is 12.1. The zero-order valence-electron chi connectivity index (χ0n) is 22.9. The fraction of sp³-hybridized carbons (Fsp3) is 0.452. The van der Waals surface area contributed by atoms with Crippen LogP contribution in [-0.2, 0) is 14.4 Å². The average Bonchev–Trinajstić information content (AvgIpc) is 3.47. The molecule has 6 nitrogen and oxygen atoms in total. The van der Waals surface area contributed by atoms with Gasteiger partial charge in [0.05, 0.1) is 11.7 Å². The Morgan fingerprint density at radius 3 is 2.45 bits per heavy atom. The number of halogens is 2. The van der Waals surface area contributed by atoms with Crippen molar-refractivity contribution in [2.75, 3.05) is 19.6 Å². The summed E-state index contributed by atoms with van der Waals surface area (Å²) in [6.07, 6.45) is 4.46. The van der Waals surface area contributed by atoms with Crippen molar-refractivity contribution in [3.8, 4) is 0 Å². The first-order chi connectivity index (χ1) is 19.2. The number of carbonyl (C=O) groups excluding carboxylic acids is 3. The summed E-state index contributed by atoms with van der Waals surface area (Å²) in [4.78, 5) is 44.7. The van der Waals surface area contributed by atoms with Gasteiger partial charge in [-0.05, 0) is 42.4 Å². The van der Waals surface area contributed by atoms with Gasteiger partial charge in [-0.3, -0.25) is 14.4 Å². The topological polar surface area (TPSA) is 60.9 Å². The Hall–Kier alpha value is -3.20. The van der Waals surface area contributed by atoms with E-state index in [0.29, 0.717) is 44.8 Å². The minimum Gasteiger partial charge on any atom is -0.342 e. The van der Waals surface area contributed by atoms with Gasteiger partial charge in [-0.2, -0.15) is 0 Å². The quantitative estimate of drug-likeness (QED) is 0.416. The predicted molar refractivity (Wildman–Crippen MR) is 152 cm³/mol. The van der Waals surface area contributed by atoms with E-state index in [2.05, 4.69) is 13.8 Å². The lowest BCUT2D eigenvalue weighted by Crippen LogP contribution is -2.46. The smallest absolute Gasteiger partial charge is 0.237 e. The van der Waals surface area contributed by atoms with Crippen LogP contribution in [0.4, 0.5) is 8.78 Å². The maximum Gasteiger partial charge on any atom is 0.237 e. The van der Waals surface area contributed by atoms with Gasteiger partial charge in [0.25, 0.3) is 0 Å². The van der Waals surface area contributed by atoms with Gasteiger partial charge in [-0.1, -0.05) is 50.2 Å². The molecule has 0 bridgehead atoms. The molecule has 0 spiro atoms. The Morgan fingerprint density at radius 1 is 1.05 bits per heavy atom. The summed E-state index contributed by atoms with van der Waals surface area (Å²) < 4.78 is 28.3. The number of rotatable bonds is 8. The first kappa shape index (κ1) is 28.3. The molecule has 3 aliphatic heterocycles. The van der Waals surface area contributed by atoms with Crippen LogP contribution in [0.5, 0.6) is 0 Å². The monoisotopic (exact) mass is 567 g/mol. The van der Waals surface area contributed by atoms with E-state index >= 15 is 0 Å². The molecule has 5 rings (SSSR count). The third kappa shape index (κ3) is 6.09. The van der Waals surface area contributed by atoms with Crippen LogP contribution in [0.3, 0.4) is 0 Å². The third-order valence-corrected chi connectivity index (χ3v) is 9.41. The van der Waals surface area contributed by atoms with E-state index in [1.807, 2.05) is 41.4 Å². The highest BCUT2D eigenvalue weighted by Crippen LogP contribution is 2.45. The van der Waals surface area contributed by atoms with Gasteiger partial charge in [0.2, 0.25) is 17.7 Å². The van der Waals surface area contributed by atoms with Crippen LogP contribution in [0, 0.1) is 17.6 Å². The molecule has 3 heterocycles. The van der Waals surface area contributed by atoms with Crippen molar-refractivity contribution in [1.82, 2.24) is 14.7 Å². The highest BCUT2D eigenvalue weighted by Gasteiger charge is 2.43. The van der Waals surface area contributed by atoms with Crippen LogP contribution in [0.25, 0.3) is 5.57 Å². The van der Waals surface area contributed by atoms with Crippen molar-refractivity contribution in [2.24, 2.45) is 5.92 Å². The predicted octanol–water partition coefficient (Wildman–Crippen LogP) is 5.61. The van der Waals surface area contributed by atoms with E-state index in [4.69, 9.17) is 0 Å². The standard InChI is InChI=1S/C31H35F2N3O3S/c1-20(2)10-15-35-30(39)27(40-31(35)25-9-8-23(32)17-26(25)33)18-28(37)34-13-11-24(12-14-34)36-19-22(16-29(36)38)21-6-4-3-5-7-21/h3-9,17,19-20,24,27,31H,10-16,18H2,1-2H3. The van der Waals surface area contributed by atoms with E-state index < -0.39 is 22.3 Å². The van der Waals surface area contributed by atoms with Crippen molar-refractivity contribution in [3.05, 3.63) is 77.5 Å². The Morgan fingerprint density at radius 2 is 1.77 bits per heavy atom. The van der Waals surface area contributed by atoms with Gasteiger partial charge >= 0.3 is 0 Å². The SMILES string of the molecule is CC(C)CCN1C(=O)C(CC(=O)N2CCC(N3C=C(c4ccccc4)CC3=O)CC2)SC1c1ccc(F)cc1F. The second-order valence-electron chi connectivity index (χ2n) is 11.2. The molecule has 0 radical (unpaired) electrons. The number of carbonyl (C=O) groups is 3. The molecule has 0 N–H and O–H groups in total. The summed E-state index contributed by atoms with van der Waals surface area (Å²) in [7, 11) is 0. The molecule has 212 valence electrons. The summed E-state index contributed by atoms with van der Waals surface area (Å²) in [5.74, 6) is -1.21. The highest BCUT2D eigenvalue weighted by molar-refractivity contribution is 8.01. The van der Waals surface area contributed by atoms with Crippen LogP contribution >= 0.6 is 11.8 Å². The molecule has 2 fully saturated rings. The molecular weight excluding hydrogens is 532 g/mol. The van der Waals surface area contributed by atoms with Crippen molar-refractivity contribution < 1.29 is 23.2 Å². The van der Waals surface area contributed by atoms with Crippen LogP contribution in [0.15, 0.2) is 54.7 Å². The minimum atomic E-state index is -0.685. The Kier molecular flexibility index (Phi) is 8.59. The van der Waals surface area contributed by atoms with E-state index in [0.717, 1.165) is 23.6 Å². The van der Waals surface area contributed by atoms with E-state index in [9.17, 15) is 23.2 Å². The molecule has 0 aromatic heterocycles. The second-order valence-corrected chi connectivity index (χ2v) is 12.5. The number of likely N-dealkylation sites (tertiary alicyclic amines) is 1. The summed E-state index contributed by atoms with van der Waals surface area (Å²) in [5.41, 5.74) is 2.32. The molecule has 3 aliphatic rings. The van der Waals surface area contributed by atoms with Gasteiger partial charge < -0.3 is 14.7 Å². The lowest BCUT2D eigenvalue weighted by atomic mass is 10.0. The molecule has 2 aromatic rings. The van der Waals surface area contributed by atoms with Crippen LogP contribution in [-0.4, -0.2) is 63.3 Å². The van der Waals surface area contributed by atoms with Crippen molar-refractivity contribution in [3.63, 3.8) is 0 Å². The number of hydrogen-bond donors (Lipinski definition) is 0. The maximum atomic E-state index is 14.7. The summed E-state index contributed by atoms with van der Waals surface area (Å²) in [6, 6.07) is 13.4. The van der Waals surface area contributed by atoms with Crippen molar-refractivity contribution in [1.29, 1.82) is 0 Å². The number of thioether (sulfide) groups is 1. The molecular formula is C31H35F2N3O3S. The molecule has 2 saturated heterocycles. The molecule has 2 aromatic carbocycles. The van der Waals surface area contributed by atoms with Crippen molar-refractivity contribution in [2.45, 2.75) is 62.6 Å². The van der Waals surface area contributed by atoms with Crippen LogP contribution < -0.4 is 0 Å². The normalized spacial score (nSPS) is 22.0. The number of nitrogens with zero attached hydrogens (tertiary/aromatic N) is 3. The van der Waals surface area contributed by atoms with Gasteiger partial charge in [0.1, 0.15) is 17.0 Å². The zero-order valence-corrected chi connectivity index (χ0v) is 23.7. The van der Waals surface area contributed by atoms with Gasteiger partial charge in [-0.15, -0.1) is 11.8 Å². The number of benzene rings is 2. The lowest BCUT2D eigenvalue weighted by molar-refractivity contribution is -0.137. The molecule has 2 atom stereocenters. The minimum absolute atomic E-state index is 0.0341. The summed E-state index contributed by atoms with van der Waals surface area (Å²) in [5, 5.41) is -1.22. The van der Waals surface area contributed by atoms with Crippen LogP contribution in [0.1, 0.15) is 62.5 Å². The number of piperidine rings is 1. The molecule has 9 heteroatoms. The highest BCUT2D eigenvalue weighted by atomic mass is 32.2. The zero-order chi connectivity index (χ0) is 28.4. The fourth-order valence-corrected chi connectivity index (χ4v) is 7.15. The molecule has 0 aliphatic carbocycles. The molecule has 2 unspecified atom stereocenters. The number of amides is 3. The first-order valence-electron chi connectivity index (χ1n) is 14.0. The van der Waals surface area contributed by atoms with Crippen molar-refractivity contribution >= 4 is 35.1 Å². The van der Waals surface area contributed by atoms with E-state index in [1.165, 1.54) is 23.9 Å².